The van der Waals surface area contributed by atoms with E-state index in [4.69, 9.17) is 4.42 Å². The molecule has 1 amide bonds. The number of hydrogen-bond donors (Lipinski definition) is 1. The summed E-state index contributed by atoms with van der Waals surface area (Å²) in [6, 6.07) is 29.6. The van der Waals surface area contributed by atoms with Crippen molar-refractivity contribution in [1.82, 2.24) is 15.1 Å². The van der Waals surface area contributed by atoms with Crippen molar-refractivity contribution in [1.29, 1.82) is 5.26 Å². The molecule has 0 saturated heterocycles. The Bertz CT molecular complexity index is 1680. The molecule has 0 bridgehead atoms. The van der Waals surface area contributed by atoms with Gasteiger partial charge in [-0.25, -0.2) is 9.48 Å². The molecule has 0 aliphatic rings. The fourth-order valence-corrected chi connectivity index (χ4v) is 3.82. The molecule has 2 aromatic heterocycles. The number of aromatic nitrogens is 2. The van der Waals surface area contributed by atoms with Crippen LogP contribution in [0.15, 0.2) is 112 Å². The van der Waals surface area contributed by atoms with Gasteiger partial charge in [0.25, 0.3) is 5.91 Å². The first-order valence-electron chi connectivity index (χ1n) is 11.2. The number of nitriles is 1. The fourth-order valence-electron chi connectivity index (χ4n) is 3.82. The van der Waals surface area contributed by atoms with Gasteiger partial charge < -0.3 is 9.73 Å². The SMILES string of the molecule is N#CC(=Cc1cn(-c2ccccc2)nc1-c1cc2ccccc2oc1=O)C(=O)NCc1ccccc1. The number of nitrogens with zero attached hydrogens (tertiary/aromatic N) is 3. The molecule has 36 heavy (non-hydrogen) atoms. The van der Waals surface area contributed by atoms with Gasteiger partial charge in [-0.05, 0) is 35.9 Å². The van der Waals surface area contributed by atoms with Crippen molar-refractivity contribution in [2.24, 2.45) is 0 Å². The average molecular weight is 473 g/mol. The van der Waals surface area contributed by atoms with Gasteiger partial charge in [-0.2, -0.15) is 10.4 Å². The predicted molar refractivity (Wildman–Crippen MR) is 137 cm³/mol. The van der Waals surface area contributed by atoms with E-state index >= 15 is 0 Å². The Morgan fingerprint density at radius 2 is 1.69 bits per heavy atom. The molecule has 1 N–H and O–H groups in total. The van der Waals surface area contributed by atoms with Crippen LogP contribution in [-0.4, -0.2) is 15.7 Å². The van der Waals surface area contributed by atoms with E-state index in [1.807, 2.05) is 78.9 Å². The molecular formula is C29H20N4O3. The number of rotatable bonds is 6. The highest BCUT2D eigenvalue weighted by Gasteiger charge is 2.18. The fraction of sp³-hybridized carbons (Fsp3) is 0.0345. The van der Waals surface area contributed by atoms with Crippen LogP contribution in [0.3, 0.4) is 0 Å². The number of nitrogens with one attached hydrogen (secondary N) is 1. The van der Waals surface area contributed by atoms with E-state index < -0.39 is 11.5 Å². The maximum absolute atomic E-state index is 12.9. The van der Waals surface area contributed by atoms with Crippen molar-refractivity contribution < 1.29 is 9.21 Å². The molecule has 2 heterocycles. The average Bonchev–Trinajstić information content (AvgIpc) is 3.34. The molecule has 0 atom stereocenters. The summed E-state index contributed by atoms with van der Waals surface area (Å²) in [6.45, 7) is 0.281. The molecule has 0 unspecified atom stereocenters. The molecule has 7 nitrogen and oxygen atoms in total. The first-order chi connectivity index (χ1) is 17.6. The Kier molecular flexibility index (Phi) is 6.24. The zero-order valence-corrected chi connectivity index (χ0v) is 19.1. The van der Waals surface area contributed by atoms with Crippen LogP contribution < -0.4 is 10.9 Å². The Labute approximate surface area is 206 Å². The Balaban J connectivity index is 1.58. The lowest BCUT2D eigenvalue weighted by atomic mass is 10.1. The van der Waals surface area contributed by atoms with Gasteiger partial charge in [0.15, 0.2) is 0 Å². The molecule has 5 rings (SSSR count). The summed E-state index contributed by atoms with van der Waals surface area (Å²) in [5.74, 6) is -0.523. The number of hydrogen-bond acceptors (Lipinski definition) is 5. The van der Waals surface area contributed by atoms with Gasteiger partial charge in [-0.15, -0.1) is 0 Å². The van der Waals surface area contributed by atoms with Crippen molar-refractivity contribution in [2.75, 3.05) is 0 Å². The minimum Gasteiger partial charge on any atom is -0.422 e. The lowest BCUT2D eigenvalue weighted by molar-refractivity contribution is -0.117. The molecule has 174 valence electrons. The highest BCUT2D eigenvalue weighted by atomic mass is 16.4. The third-order valence-electron chi connectivity index (χ3n) is 5.62. The van der Waals surface area contributed by atoms with Gasteiger partial charge >= 0.3 is 5.63 Å². The molecule has 3 aromatic carbocycles. The van der Waals surface area contributed by atoms with E-state index in [2.05, 4.69) is 10.4 Å². The topological polar surface area (TPSA) is 101 Å². The van der Waals surface area contributed by atoms with E-state index in [1.165, 1.54) is 6.08 Å². The maximum atomic E-state index is 12.9. The number of fused-ring (bicyclic) bond motifs is 1. The minimum atomic E-state index is -0.561. The van der Waals surface area contributed by atoms with Crippen molar-refractivity contribution >= 4 is 23.0 Å². The van der Waals surface area contributed by atoms with Crippen LogP contribution in [0.5, 0.6) is 0 Å². The van der Waals surface area contributed by atoms with Gasteiger partial charge in [0.2, 0.25) is 0 Å². The van der Waals surface area contributed by atoms with Crippen molar-refractivity contribution in [3.63, 3.8) is 0 Å². The molecule has 0 radical (unpaired) electrons. The van der Waals surface area contributed by atoms with Crippen LogP contribution in [0.2, 0.25) is 0 Å². The summed E-state index contributed by atoms with van der Waals surface area (Å²) in [6.07, 6.45) is 3.12. The van der Waals surface area contributed by atoms with Crippen LogP contribution in [0.4, 0.5) is 0 Å². The highest BCUT2D eigenvalue weighted by molar-refractivity contribution is 6.02. The van der Waals surface area contributed by atoms with Crippen molar-refractivity contribution in [2.45, 2.75) is 6.54 Å². The first kappa shape index (κ1) is 22.6. The number of carbonyl (C=O) groups is 1. The van der Waals surface area contributed by atoms with Crippen LogP contribution in [0.25, 0.3) is 34.0 Å². The Hall–Kier alpha value is -5.22. The summed E-state index contributed by atoms with van der Waals surface area (Å²) < 4.78 is 7.12. The lowest BCUT2D eigenvalue weighted by Gasteiger charge is -2.04. The summed E-state index contributed by atoms with van der Waals surface area (Å²) in [5, 5.41) is 17.9. The smallest absolute Gasteiger partial charge is 0.345 e. The van der Waals surface area contributed by atoms with E-state index in [0.717, 1.165) is 16.6 Å². The largest absolute Gasteiger partial charge is 0.422 e. The van der Waals surface area contributed by atoms with E-state index in [9.17, 15) is 14.9 Å². The molecule has 0 fully saturated rings. The number of para-hydroxylation sites is 2. The minimum absolute atomic E-state index is 0.107. The van der Waals surface area contributed by atoms with E-state index in [-0.39, 0.29) is 17.7 Å². The first-order valence-corrected chi connectivity index (χ1v) is 11.2. The quantitative estimate of drug-likeness (QED) is 0.216. The highest BCUT2D eigenvalue weighted by Crippen LogP contribution is 2.26. The van der Waals surface area contributed by atoms with Crippen molar-refractivity contribution in [3.05, 3.63) is 124 Å². The lowest BCUT2D eigenvalue weighted by Crippen LogP contribution is -2.23. The van der Waals surface area contributed by atoms with Crippen LogP contribution in [0.1, 0.15) is 11.1 Å². The van der Waals surface area contributed by atoms with Gasteiger partial charge in [-0.3, -0.25) is 4.79 Å². The normalized spacial score (nSPS) is 11.2. The maximum Gasteiger partial charge on any atom is 0.345 e. The number of carbonyl (C=O) groups excluding carboxylic acids is 1. The molecule has 0 saturated carbocycles. The zero-order valence-electron chi connectivity index (χ0n) is 19.1. The summed E-state index contributed by atoms with van der Waals surface area (Å²) in [4.78, 5) is 25.7. The third kappa shape index (κ3) is 4.69. The van der Waals surface area contributed by atoms with Crippen LogP contribution in [0, 0.1) is 11.3 Å². The summed E-state index contributed by atoms with van der Waals surface area (Å²) in [5.41, 5.74) is 2.44. The van der Waals surface area contributed by atoms with E-state index in [1.54, 1.807) is 29.1 Å². The van der Waals surface area contributed by atoms with Gasteiger partial charge in [0.1, 0.15) is 22.9 Å². The second-order valence-corrected chi connectivity index (χ2v) is 8.04. The molecule has 0 spiro atoms. The second kappa shape index (κ2) is 9.95. The number of benzene rings is 3. The molecule has 0 aliphatic heterocycles. The standard InChI is InChI=1S/C29H20N4O3/c30-17-22(28(34)31-18-20-9-3-1-4-10-20)15-23-19-33(24-12-5-2-6-13-24)32-27(23)25-16-21-11-7-8-14-26(21)36-29(25)35/h1-16,19H,18H2,(H,31,34). The Morgan fingerprint density at radius 3 is 2.44 bits per heavy atom. The summed E-state index contributed by atoms with van der Waals surface area (Å²) in [7, 11) is 0. The van der Waals surface area contributed by atoms with Gasteiger partial charge in [-0.1, -0.05) is 66.7 Å². The molecule has 0 aliphatic carbocycles. The molecule has 5 aromatic rings. The summed E-state index contributed by atoms with van der Waals surface area (Å²) >= 11 is 0. The second-order valence-electron chi connectivity index (χ2n) is 8.04. The van der Waals surface area contributed by atoms with Gasteiger partial charge in [0.05, 0.1) is 11.3 Å². The monoisotopic (exact) mass is 472 g/mol. The van der Waals surface area contributed by atoms with Crippen molar-refractivity contribution in [3.8, 4) is 23.0 Å². The molecular weight excluding hydrogens is 452 g/mol. The van der Waals surface area contributed by atoms with Crippen LogP contribution >= 0.6 is 0 Å². The Morgan fingerprint density at radius 1 is 1.00 bits per heavy atom. The van der Waals surface area contributed by atoms with E-state index in [0.29, 0.717) is 16.8 Å². The van der Waals surface area contributed by atoms with Gasteiger partial charge in [0, 0.05) is 23.7 Å². The molecule has 7 heteroatoms. The zero-order chi connectivity index (χ0) is 24.9. The van der Waals surface area contributed by atoms with Crippen LogP contribution in [-0.2, 0) is 11.3 Å². The predicted octanol–water partition coefficient (Wildman–Crippen LogP) is 4.87. The number of amides is 1. The third-order valence-corrected chi connectivity index (χ3v) is 5.62.